The molecule has 0 aliphatic carbocycles. The minimum Gasteiger partial charge on any atom is -0.448 e. The van der Waals surface area contributed by atoms with E-state index in [1.54, 1.807) is 60.7 Å². The predicted molar refractivity (Wildman–Crippen MR) is 227 cm³/mol. The first-order valence-electron chi connectivity index (χ1n) is 19.5. The molecule has 19 heteroatoms. The van der Waals surface area contributed by atoms with E-state index in [2.05, 4.69) is 24.0 Å². The first-order chi connectivity index (χ1) is 30.8. The van der Waals surface area contributed by atoms with Gasteiger partial charge in [0.05, 0.1) is 6.04 Å². The number of hydrogen-bond acceptors (Lipinski definition) is 13. The summed E-state index contributed by atoms with van der Waals surface area (Å²) in [5, 5.41) is 6.96. The van der Waals surface area contributed by atoms with Gasteiger partial charge in [-0.05, 0) is 17.5 Å². The number of rotatable bonds is 14. The highest BCUT2D eigenvalue weighted by molar-refractivity contribution is 7.87. The number of nitrogen functional groups attached to an aromatic ring is 1. The maximum Gasteiger partial charge on any atom is 0.534 e. The average Bonchev–Trinajstić information content (AvgIpc) is 3.74. The Labute approximate surface area is 368 Å². The Bertz CT molecular complexity index is 2700. The maximum absolute atomic E-state index is 14.4. The zero-order valence-corrected chi connectivity index (χ0v) is 34.8. The van der Waals surface area contributed by atoms with Crippen LogP contribution in [0.15, 0.2) is 168 Å². The Morgan fingerprint density at radius 2 is 1.28 bits per heavy atom. The highest BCUT2D eigenvalue weighted by Gasteiger charge is 2.57. The molecule has 0 saturated carbocycles. The lowest BCUT2D eigenvalue weighted by Crippen LogP contribution is -2.72. The van der Waals surface area contributed by atoms with E-state index < -0.39 is 80.8 Å². The first-order valence-corrected chi connectivity index (χ1v) is 21.7. The number of hydrogen-bond donors (Lipinski definition) is 2. The molecule has 0 bridgehead atoms. The SMILES string of the molecule is Nc1nc(/C(=N\OC(c2ccccc2)(c2ccccc2)c2ccccc2)C(=O)NC2C(=O)N3C(C(=O)OC(c4ccccc4)c4ccccc4)=C(OS(=O)(=O)C(F)(F)F)CCC23)ns1. The molecule has 2 atom stereocenters. The quantitative estimate of drug-likeness (QED) is 0.0224. The molecule has 2 amide bonds. The molecule has 3 heterocycles. The van der Waals surface area contributed by atoms with E-state index in [1.165, 1.54) is 0 Å². The van der Waals surface area contributed by atoms with Crippen molar-refractivity contribution < 1.29 is 49.7 Å². The molecule has 1 saturated heterocycles. The van der Waals surface area contributed by atoms with Gasteiger partial charge in [-0.15, -0.1) is 0 Å². The Hall–Kier alpha value is -7.38. The van der Waals surface area contributed by atoms with Crippen LogP contribution in [0, 0.1) is 0 Å². The van der Waals surface area contributed by atoms with Crippen LogP contribution in [-0.4, -0.2) is 63.8 Å². The number of aromatic nitrogens is 2. The van der Waals surface area contributed by atoms with Crippen molar-refractivity contribution in [2.45, 2.75) is 42.1 Å². The minimum atomic E-state index is -6.31. The molecule has 326 valence electrons. The molecule has 64 heavy (non-hydrogen) atoms. The van der Waals surface area contributed by atoms with Crippen LogP contribution in [-0.2, 0) is 43.9 Å². The summed E-state index contributed by atoms with van der Waals surface area (Å²) in [7, 11) is -6.31. The molecule has 2 unspecified atom stereocenters. The molecule has 6 aromatic rings. The Kier molecular flexibility index (Phi) is 12.0. The number of carbonyl (C=O) groups excluding carboxylic acids is 3. The van der Waals surface area contributed by atoms with Crippen LogP contribution in [0.5, 0.6) is 0 Å². The van der Waals surface area contributed by atoms with Crippen molar-refractivity contribution in [3.8, 4) is 0 Å². The van der Waals surface area contributed by atoms with Crippen molar-refractivity contribution in [2.75, 3.05) is 5.73 Å². The minimum absolute atomic E-state index is 0.0203. The molecule has 8 rings (SSSR count). The molecule has 5 aromatic carbocycles. The van der Waals surface area contributed by atoms with Crippen molar-refractivity contribution in [3.05, 3.63) is 197 Å². The highest BCUT2D eigenvalue weighted by atomic mass is 32.2. The number of carbonyl (C=O) groups is 3. The number of halogens is 3. The molecule has 2 aliphatic rings. The number of alkyl halides is 3. The zero-order valence-electron chi connectivity index (χ0n) is 33.2. The molecular weight excluding hydrogens is 874 g/mol. The Balaban J connectivity index is 1.14. The highest BCUT2D eigenvalue weighted by Crippen LogP contribution is 2.43. The van der Waals surface area contributed by atoms with Crippen LogP contribution in [0.4, 0.5) is 18.3 Å². The van der Waals surface area contributed by atoms with Gasteiger partial charge in [-0.3, -0.25) is 14.5 Å². The summed E-state index contributed by atoms with van der Waals surface area (Å²) >= 11 is 0.766. The maximum atomic E-state index is 14.4. The summed E-state index contributed by atoms with van der Waals surface area (Å²) in [6.07, 6.45) is -1.98. The Morgan fingerprint density at radius 3 is 1.73 bits per heavy atom. The third-order valence-electron chi connectivity index (χ3n) is 10.5. The van der Waals surface area contributed by atoms with Gasteiger partial charge in [0.2, 0.25) is 17.1 Å². The number of nitrogens with two attached hydrogens (primary N) is 1. The second kappa shape index (κ2) is 17.8. The number of esters is 1. The summed E-state index contributed by atoms with van der Waals surface area (Å²) < 4.78 is 80.3. The van der Waals surface area contributed by atoms with Gasteiger partial charge in [0.15, 0.2) is 22.7 Å². The van der Waals surface area contributed by atoms with Gasteiger partial charge in [0.1, 0.15) is 6.04 Å². The van der Waals surface area contributed by atoms with Crippen molar-refractivity contribution in [3.63, 3.8) is 0 Å². The first kappa shape index (κ1) is 43.3. The Morgan fingerprint density at radius 1 is 0.797 bits per heavy atom. The summed E-state index contributed by atoms with van der Waals surface area (Å²) in [6, 6.07) is 41.5. The lowest BCUT2D eigenvalue weighted by atomic mass is 9.80. The largest absolute Gasteiger partial charge is 0.534 e. The number of nitrogens with zero attached hydrogens (tertiary/aromatic N) is 4. The molecule has 2 aliphatic heterocycles. The average molecular weight is 909 g/mol. The van der Waals surface area contributed by atoms with E-state index in [9.17, 15) is 36.0 Å². The molecule has 3 N–H and O–H groups in total. The van der Waals surface area contributed by atoms with Crippen LogP contribution in [0.25, 0.3) is 0 Å². The number of amides is 2. The molecule has 0 radical (unpaired) electrons. The summed E-state index contributed by atoms with van der Waals surface area (Å²) in [5.41, 5.74) is 0.0471. The summed E-state index contributed by atoms with van der Waals surface area (Å²) in [5.74, 6) is -4.58. The third kappa shape index (κ3) is 8.41. The van der Waals surface area contributed by atoms with Gasteiger partial charge in [-0.25, -0.2) is 4.79 Å². The van der Waals surface area contributed by atoms with E-state index in [1.807, 2.05) is 91.0 Å². The smallest absolute Gasteiger partial charge is 0.448 e. The van der Waals surface area contributed by atoms with E-state index in [0.717, 1.165) is 16.4 Å². The second-order valence-corrected chi connectivity index (χ2v) is 16.7. The fraction of sp³-hybridized carbons (Fsp3) is 0.156. The van der Waals surface area contributed by atoms with Crippen LogP contribution in [0.2, 0.25) is 0 Å². The molecule has 1 aromatic heterocycles. The number of ether oxygens (including phenoxy) is 1. The number of anilines is 1. The lowest BCUT2D eigenvalue weighted by Gasteiger charge is -2.49. The van der Waals surface area contributed by atoms with Gasteiger partial charge in [0, 0.05) is 34.6 Å². The van der Waals surface area contributed by atoms with Gasteiger partial charge in [-0.2, -0.15) is 30.9 Å². The fourth-order valence-corrected chi connectivity index (χ4v) is 8.50. The predicted octanol–water partition coefficient (Wildman–Crippen LogP) is 6.73. The van der Waals surface area contributed by atoms with Gasteiger partial charge >= 0.3 is 21.6 Å². The van der Waals surface area contributed by atoms with Crippen molar-refractivity contribution in [2.24, 2.45) is 5.16 Å². The third-order valence-corrected chi connectivity index (χ3v) is 12.0. The zero-order chi connectivity index (χ0) is 45.1. The molecule has 14 nitrogen and oxygen atoms in total. The van der Waals surface area contributed by atoms with E-state index in [0.29, 0.717) is 27.8 Å². The van der Waals surface area contributed by atoms with Gasteiger partial charge in [-0.1, -0.05) is 157 Å². The fourth-order valence-electron chi connectivity index (χ4n) is 7.54. The van der Waals surface area contributed by atoms with E-state index in [-0.39, 0.29) is 17.4 Å². The van der Waals surface area contributed by atoms with Crippen LogP contribution < -0.4 is 11.1 Å². The van der Waals surface area contributed by atoms with Crippen LogP contribution in [0.3, 0.4) is 0 Å². The van der Waals surface area contributed by atoms with Crippen molar-refractivity contribution in [1.29, 1.82) is 0 Å². The van der Waals surface area contributed by atoms with Gasteiger partial charge in [0.25, 0.3) is 11.8 Å². The molecular formula is C45H35F3N6O8S2. The number of fused-ring (bicyclic) bond motifs is 1. The number of nitrogens with one attached hydrogen (secondary N) is 1. The van der Waals surface area contributed by atoms with Crippen molar-refractivity contribution in [1.82, 2.24) is 19.6 Å². The lowest BCUT2D eigenvalue weighted by molar-refractivity contribution is -0.159. The second-order valence-electron chi connectivity index (χ2n) is 14.4. The van der Waals surface area contributed by atoms with E-state index >= 15 is 0 Å². The summed E-state index contributed by atoms with van der Waals surface area (Å²) in [6.45, 7) is 0. The topological polar surface area (TPSA) is 192 Å². The standard InChI is InChI=1S/C45H35F3N6O8S2/c46-45(47,48)64(58,59)61-34-27-26-33-35(41(56)54(33)37(34)42(57)60-38(28-16-6-1-7-17-28)29-18-8-2-9-19-29)50-40(55)36(39-51-43(49)63-53-39)52-62-44(30-20-10-3-11-21-30,31-22-12-4-13-23-31)32-24-14-5-15-25-32/h1-25,33,35,38H,26-27H2,(H,50,55)(H2,49,51,53)/b52-36+. The van der Waals surface area contributed by atoms with E-state index in [4.69, 9.17) is 15.3 Å². The number of allylic oxidation sites excluding steroid dienone is 1. The molecule has 0 spiro atoms. The molecule has 1 fully saturated rings. The normalized spacial score (nSPS) is 16.7. The number of β-lactam (4-membered cyclic amide) rings is 1. The van der Waals surface area contributed by atoms with Crippen molar-refractivity contribution >= 4 is 50.3 Å². The number of oxime groups is 1. The van der Waals surface area contributed by atoms with Crippen LogP contribution in [0.1, 0.15) is 52.6 Å². The monoisotopic (exact) mass is 908 g/mol. The van der Waals surface area contributed by atoms with Gasteiger partial charge < -0.3 is 24.8 Å². The number of benzene rings is 5. The van der Waals surface area contributed by atoms with Crippen LogP contribution >= 0.6 is 11.5 Å². The summed E-state index contributed by atoms with van der Waals surface area (Å²) in [4.78, 5) is 54.2.